The van der Waals surface area contributed by atoms with Crippen molar-refractivity contribution < 1.29 is 19.1 Å². The van der Waals surface area contributed by atoms with E-state index in [9.17, 15) is 14.4 Å². The number of anilines is 2. The molecule has 33 heavy (non-hydrogen) atoms. The molecule has 1 heterocycles. The third-order valence-electron chi connectivity index (χ3n) is 5.16. The van der Waals surface area contributed by atoms with E-state index < -0.39 is 18.0 Å². The van der Waals surface area contributed by atoms with Gasteiger partial charge < -0.3 is 20.7 Å². The van der Waals surface area contributed by atoms with Gasteiger partial charge in [0.2, 0.25) is 0 Å². The summed E-state index contributed by atoms with van der Waals surface area (Å²) < 4.78 is 6.04. The van der Waals surface area contributed by atoms with Crippen LogP contribution in [0.15, 0.2) is 64.3 Å². The minimum atomic E-state index is -0.646. The Kier molecular flexibility index (Phi) is 8.11. The first kappa shape index (κ1) is 24.3. The molecule has 3 rings (SSSR count). The number of amides is 4. The highest BCUT2D eigenvalue weighted by Gasteiger charge is 2.36. The van der Waals surface area contributed by atoms with Crippen LogP contribution in [0.3, 0.4) is 0 Å². The summed E-state index contributed by atoms with van der Waals surface area (Å²) in [6, 6.07) is 13.0. The monoisotopic (exact) mass is 514 g/mol. The van der Waals surface area contributed by atoms with E-state index in [2.05, 4.69) is 31.9 Å². The molecular weight excluding hydrogens is 488 g/mol. The summed E-state index contributed by atoms with van der Waals surface area (Å²) in [6.45, 7) is 6.21. The first-order chi connectivity index (χ1) is 15.8. The zero-order valence-corrected chi connectivity index (χ0v) is 20.4. The Morgan fingerprint density at radius 2 is 1.79 bits per heavy atom. The summed E-state index contributed by atoms with van der Waals surface area (Å²) in [4.78, 5) is 39.3. The van der Waals surface area contributed by atoms with Gasteiger partial charge in [0.1, 0.15) is 0 Å². The lowest BCUT2D eigenvalue weighted by molar-refractivity contribution is -0.139. The zero-order valence-electron chi connectivity index (χ0n) is 18.8. The highest BCUT2D eigenvalue weighted by Crippen LogP contribution is 2.32. The molecule has 1 atom stereocenters. The number of halogens is 1. The van der Waals surface area contributed by atoms with Crippen LogP contribution >= 0.6 is 15.9 Å². The van der Waals surface area contributed by atoms with Crippen LogP contribution in [-0.2, 0) is 9.53 Å². The van der Waals surface area contributed by atoms with Gasteiger partial charge in [-0.3, -0.25) is 4.90 Å². The lowest BCUT2D eigenvalue weighted by Crippen LogP contribution is -2.48. The highest BCUT2D eigenvalue weighted by molar-refractivity contribution is 9.10. The quantitative estimate of drug-likeness (QED) is 0.430. The van der Waals surface area contributed by atoms with Crippen molar-refractivity contribution >= 4 is 45.3 Å². The predicted octanol–water partition coefficient (Wildman–Crippen LogP) is 5.41. The lowest BCUT2D eigenvalue weighted by Gasteiger charge is -2.35. The van der Waals surface area contributed by atoms with Crippen molar-refractivity contribution in [1.82, 2.24) is 10.2 Å². The normalized spacial score (nSPS) is 15.7. The van der Waals surface area contributed by atoms with Crippen molar-refractivity contribution in [1.29, 1.82) is 0 Å². The Labute approximate surface area is 201 Å². The van der Waals surface area contributed by atoms with Gasteiger partial charge >= 0.3 is 18.0 Å². The van der Waals surface area contributed by atoms with E-state index in [0.29, 0.717) is 34.8 Å². The van der Waals surface area contributed by atoms with Crippen molar-refractivity contribution in [3.05, 3.63) is 69.8 Å². The van der Waals surface area contributed by atoms with Crippen LogP contribution in [0, 0.1) is 0 Å². The van der Waals surface area contributed by atoms with Gasteiger partial charge in [-0.25, -0.2) is 14.4 Å². The van der Waals surface area contributed by atoms with Gasteiger partial charge in [0.05, 0.1) is 23.9 Å². The molecule has 0 aliphatic carbocycles. The Morgan fingerprint density at radius 1 is 1.09 bits per heavy atom. The third-order valence-corrected chi connectivity index (χ3v) is 5.85. The molecule has 174 valence electrons. The summed E-state index contributed by atoms with van der Waals surface area (Å²) in [5, 5.41) is 8.46. The van der Waals surface area contributed by atoms with E-state index in [0.717, 1.165) is 10.9 Å². The Balaban J connectivity index is 1.80. The first-order valence-corrected chi connectivity index (χ1v) is 11.5. The van der Waals surface area contributed by atoms with Crippen molar-refractivity contribution in [3.8, 4) is 0 Å². The standard InChI is InChI=1S/C24H27BrN4O4/c1-4-14-29-15(3)20(22(30)33-5-2)21(28-24(29)32)16-10-12-17(13-11-16)26-23(31)27-19-9-7-6-8-18(19)25/h6-13,21H,4-5,14H2,1-3H3,(H,28,32)(H2,26,27,31). The van der Waals surface area contributed by atoms with Crippen molar-refractivity contribution in [3.63, 3.8) is 0 Å². The fourth-order valence-corrected chi connectivity index (χ4v) is 3.99. The Hall–Kier alpha value is -3.33. The summed E-state index contributed by atoms with van der Waals surface area (Å²) in [5.74, 6) is -0.462. The maximum atomic E-state index is 12.7. The second kappa shape index (κ2) is 11.0. The number of rotatable bonds is 7. The van der Waals surface area contributed by atoms with Gasteiger partial charge in [-0.1, -0.05) is 31.2 Å². The summed E-state index contributed by atoms with van der Waals surface area (Å²) >= 11 is 3.39. The van der Waals surface area contributed by atoms with Crippen LogP contribution in [0.5, 0.6) is 0 Å². The number of hydrogen-bond donors (Lipinski definition) is 3. The van der Waals surface area contributed by atoms with E-state index >= 15 is 0 Å². The molecule has 0 aromatic heterocycles. The minimum Gasteiger partial charge on any atom is -0.463 e. The van der Waals surface area contributed by atoms with Gasteiger partial charge in [0, 0.05) is 22.4 Å². The predicted molar refractivity (Wildman–Crippen MR) is 131 cm³/mol. The molecule has 2 aromatic rings. The van der Waals surface area contributed by atoms with E-state index in [-0.39, 0.29) is 12.6 Å². The average Bonchev–Trinajstić information content (AvgIpc) is 2.78. The maximum absolute atomic E-state index is 12.7. The maximum Gasteiger partial charge on any atom is 0.338 e. The molecule has 0 radical (unpaired) electrons. The van der Waals surface area contributed by atoms with Gasteiger partial charge in [-0.2, -0.15) is 0 Å². The number of para-hydroxylation sites is 1. The number of ether oxygens (including phenoxy) is 1. The van der Waals surface area contributed by atoms with Crippen LogP contribution in [0.1, 0.15) is 38.8 Å². The molecule has 3 N–H and O–H groups in total. The summed E-state index contributed by atoms with van der Waals surface area (Å²) in [5.41, 5.74) is 2.90. The minimum absolute atomic E-state index is 0.236. The van der Waals surface area contributed by atoms with Gasteiger partial charge in [-0.05, 0) is 66.0 Å². The largest absolute Gasteiger partial charge is 0.463 e. The number of allylic oxidation sites excluding steroid dienone is 1. The van der Waals surface area contributed by atoms with E-state index in [4.69, 9.17) is 4.74 Å². The highest BCUT2D eigenvalue weighted by atomic mass is 79.9. The van der Waals surface area contributed by atoms with Crippen molar-refractivity contribution in [2.75, 3.05) is 23.8 Å². The van der Waals surface area contributed by atoms with Crippen molar-refractivity contribution in [2.45, 2.75) is 33.2 Å². The molecule has 4 amide bonds. The number of nitrogens with zero attached hydrogens (tertiary/aromatic N) is 1. The first-order valence-electron chi connectivity index (χ1n) is 10.7. The second-order valence-electron chi connectivity index (χ2n) is 7.43. The number of carbonyl (C=O) groups is 3. The third kappa shape index (κ3) is 5.73. The van der Waals surface area contributed by atoms with Crippen LogP contribution in [0.25, 0.3) is 0 Å². The summed E-state index contributed by atoms with van der Waals surface area (Å²) in [7, 11) is 0. The topological polar surface area (TPSA) is 99.8 Å². The SMILES string of the molecule is CCCN1C(=O)NC(c2ccc(NC(=O)Nc3ccccc3Br)cc2)C(C(=O)OCC)=C1C. The molecule has 0 saturated heterocycles. The smallest absolute Gasteiger partial charge is 0.338 e. The lowest BCUT2D eigenvalue weighted by atomic mass is 9.94. The van der Waals surface area contributed by atoms with E-state index in [1.165, 1.54) is 0 Å². The van der Waals surface area contributed by atoms with E-state index in [1.807, 2.05) is 25.1 Å². The average molecular weight is 515 g/mol. The fraction of sp³-hybridized carbons (Fsp3) is 0.292. The Bertz CT molecular complexity index is 1070. The van der Waals surface area contributed by atoms with Crippen molar-refractivity contribution in [2.24, 2.45) is 0 Å². The van der Waals surface area contributed by atoms with Crippen LogP contribution in [-0.4, -0.2) is 36.1 Å². The van der Waals surface area contributed by atoms with Crippen LogP contribution in [0.4, 0.5) is 21.0 Å². The molecule has 0 spiro atoms. The van der Waals surface area contributed by atoms with Gasteiger partial charge in [-0.15, -0.1) is 0 Å². The van der Waals surface area contributed by atoms with Crippen LogP contribution in [0.2, 0.25) is 0 Å². The molecule has 8 nitrogen and oxygen atoms in total. The molecule has 2 aromatic carbocycles. The molecule has 0 fully saturated rings. The molecule has 1 aliphatic heterocycles. The number of carbonyl (C=O) groups excluding carboxylic acids is 3. The molecule has 1 aliphatic rings. The molecule has 1 unspecified atom stereocenters. The summed E-state index contributed by atoms with van der Waals surface area (Å²) in [6.07, 6.45) is 0.757. The van der Waals surface area contributed by atoms with Crippen LogP contribution < -0.4 is 16.0 Å². The number of esters is 1. The number of urea groups is 2. The fourth-order valence-electron chi connectivity index (χ4n) is 3.60. The zero-order chi connectivity index (χ0) is 24.0. The Morgan fingerprint density at radius 3 is 2.42 bits per heavy atom. The van der Waals surface area contributed by atoms with Gasteiger partial charge in [0.25, 0.3) is 0 Å². The number of hydrogen-bond acceptors (Lipinski definition) is 4. The number of benzene rings is 2. The molecule has 0 bridgehead atoms. The van der Waals surface area contributed by atoms with Gasteiger partial charge in [0.15, 0.2) is 0 Å². The number of nitrogens with one attached hydrogen (secondary N) is 3. The molecular formula is C24H27BrN4O4. The molecule has 0 saturated carbocycles. The molecule has 9 heteroatoms. The second-order valence-corrected chi connectivity index (χ2v) is 8.29. The van der Waals surface area contributed by atoms with E-state index in [1.54, 1.807) is 49.1 Å².